The molecule has 0 bridgehead atoms. The normalized spacial score (nSPS) is 18.4. The molecule has 1 saturated carbocycles. The van der Waals surface area contributed by atoms with E-state index in [4.69, 9.17) is 4.74 Å². The van der Waals surface area contributed by atoms with Gasteiger partial charge in [0.15, 0.2) is 11.8 Å². The second kappa shape index (κ2) is 9.11. The Labute approximate surface area is 183 Å². The molecule has 0 amide bonds. The Morgan fingerprint density at radius 1 is 1.25 bits per heavy atom. The van der Waals surface area contributed by atoms with Crippen molar-refractivity contribution in [1.82, 2.24) is 25.4 Å². The topological polar surface area (TPSA) is 78.4 Å². The first-order valence-corrected chi connectivity index (χ1v) is 9.73. The molecule has 2 fully saturated rings. The van der Waals surface area contributed by atoms with Crippen LogP contribution in [0.4, 0.5) is 0 Å². The van der Waals surface area contributed by atoms with Gasteiger partial charge in [-0.2, -0.15) is 5.10 Å². The molecule has 2 aromatic rings. The van der Waals surface area contributed by atoms with Crippen LogP contribution in [-0.4, -0.2) is 53.3 Å². The number of aliphatic imine (C=N–C) groups is 1. The van der Waals surface area contributed by atoms with Crippen LogP contribution in [0, 0.1) is 5.41 Å². The molecule has 1 aliphatic carbocycles. The van der Waals surface area contributed by atoms with Gasteiger partial charge in [0, 0.05) is 25.7 Å². The van der Waals surface area contributed by atoms with Crippen LogP contribution in [0.3, 0.4) is 0 Å². The number of hydrogen-bond donors (Lipinski definition) is 2. The third-order valence-corrected chi connectivity index (χ3v) is 5.91. The van der Waals surface area contributed by atoms with E-state index in [0.29, 0.717) is 17.8 Å². The zero-order valence-corrected chi connectivity index (χ0v) is 18.9. The lowest BCUT2D eigenvalue weighted by atomic mass is 9.86. The maximum absolute atomic E-state index is 5.19. The summed E-state index contributed by atoms with van der Waals surface area (Å²) >= 11 is 0. The van der Waals surface area contributed by atoms with Crippen molar-refractivity contribution in [2.75, 3.05) is 27.2 Å². The Hall–Kier alpha value is -1.84. The number of methoxy groups -OCH3 is 1. The van der Waals surface area contributed by atoms with E-state index in [0.717, 1.165) is 36.2 Å². The number of rotatable bonds is 4. The van der Waals surface area contributed by atoms with Gasteiger partial charge in [-0.3, -0.25) is 10.1 Å². The van der Waals surface area contributed by atoms with Gasteiger partial charge >= 0.3 is 0 Å². The monoisotopic (exact) mass is 496 g/mol. The van der Waals surface area contributed by atoms with Gasteiger partial charge in [-0.25, -0.2) is 4.98 Å². The molecule has 1 spiro atoms. The van der Waals surface area contributed by atoms with Crippen LogP contribution in [0.5, 0.6) is 5.75 Å². The van der Waals surface area contributed by atoms with E-state index < -0.39 is 0 Å². The number of hydrogen-bond acceptors (Lipinski definition) is 4. The lowest BCUT2D eigenvalue weighted by Gasteiger charge is -2.25. The smallest absolute Gasteiger partial charge is 0.194 e. The summed E-state index contributed by atoms with van der Waals surface area (Å²) in [5, 5.41) is 10.8. The highest BCUT2D eigenvalue weighted by molar-refractivity contribution is 14.0. The van der Waals surface area contributed by atoms with Crippen LogP contribution in [0.2, 0.25) is 0 Å². The molecule has 8 heteroatoms. The van der Waals surface area contributed by atoms with Crippen molar-refractivity contribution in [1.29, 1.82) is 0 Å². The average molecular weight is 496 g/mol. The van der Waals surface area contributed by atoms with Crippen molar-refractivity contribution >= 4 is 29.9 Å². The molecule has 2 N–H and O–H groups in total. The summed E-state index contributed by atoms with van der Waals surface area (Å²) in [6.07, 6.45) is 6.79. The molecular formula is C20H29IN6O. The van der Waals surface area contributed by atoms with Crippen molar-refractivity contribution in [3.63, 3.8) is 0 Å². The average Bonchev–Trinajstić information content (AvgIpc) is 3.45. The predicted molar refractivity (Wildman–Crippen MR) is 121 cm³/mol. The van der Waals surface area contributed by atoms with E-state index in [9.17, 15) is 0 Å². The molecule has 152 valence electrons. The molecule has 1 saturated heterocycles. The van der Waals surface area contributed by atoms with Gasteiger partial charge in [0.2, 0.25) is 0 Å². The van der Waals surface area contributed by atoms with Gasteiger partial charge < -0.3 is 15.0 Å². The standard InChI is InChI=1S/C20H28N6O.HI/c1-21-19(26-12-11-20(14-26)9-3-4-10-20)22-13-17-23-18(25-24-17)15-5-7-16(27-2)8-6-15;/h5-8H,3-4,9-14H2,1-2H3,(H,21,22)(H,23,24,25);1H. The molecule has 1 aromatic heterocycles. The minimum absolute atomic E-state index is 0. The molecule has 2 heterocycles. The van der Waals surface area contributed by atoms with E-state index in [2.05, 4.69) is 30.4 Å². The van der Waals surface area contributed by atoms with Crippen LogP contribution in [0.15, 0.2) is 29.3 Å². The van der Waals surface area contributed by atoms with E-state index in [1.54, 1.807) is 7.11 Å². The van der Waals surface area contributed by atoms with Crippen molar-refractivity contribution in [2.45, 2.75) is 38.6 Å². The molecular weight excluding hydrogens is 467 g/mol. The summed E-state index contributed by atoms with van der Waals surface area (Å²) in [7, 11) is 3.51. The van der Waals surface area contributed by atoms with Crippen molar-refractivity contribution in [3.8, 4) is 17.1 Å². The molecule has 1 aliphatic heterocycles. The molecule has 0 unspecified atom stereocenters. The number of ether oxygens (including phenoxy) is 1. The Kier molecular flexibility index (Phi) is 6.79. The number of benzene rings is 1. The first-order valence-electron chi connectivity index (χ1n) is 9.73. The highest BCUT2D eigenvalue weighted by Gasteiger charge is 2.41. The SMILES string of the molecule is CN=C(NCc1nc(-c2ccc(OC)cc2)n[nH]1)N1CCC2(CCCC2)C1.I. The van der Waals surface area contributed by atoms with Gasteiger partial charge in [-0.05, 0) is 48.9 Å². The zero-order chi connectivity index (χ0) is 18.7. The number of nitrogens with one attached hydrogen (secondary N) is 2. The number of aromatic amines is 1. The molecule has 0 atom stereocenters. The highest BCUT2D eigenvalue weighted by atomic mass is 127. The predicted octanol–water partition coefficient (Wildman–Crippen LogP) is 3.44. The Balaban J connectivity index is 0.00000225. The lowest BCUT2D eigenvalue weighted by molar-refractivity contribution is 0.309. The molecule has 0 radical (unpaired) electrons. The van der Waals surface area contributed by atoms with Crippen LogP contribution >= 0.6 is 24.0 Å². The molecule has 2 aliphatic rings. The Morgan fingerprint density at radius 3 is 2.68 bits per heavy atom. The minimum Gasteiger partial charge on any atom is -0.497 e. The first-order chi connectivity index (χ1) is 13.2. The van der Waals surface area contributed by atoms with Crippen LogP contribution in [-0.2, 0) is 6.54 Å². The van der Waals surface area contributed by atoms with Crippen LogP contribution < -0.4 is 10.1 Å². The molecule has 4 rings (SSSR count). The fourth-order valence-electron chi connectivity index (χ4n) is 4.39. The summed E-state index contributed by atoms with van der Waals surface area (Å²) < 4.78 is 5.19. The highest BCUT2D eigenvalue weighted by Crippen LogP contribution is 2.45. The van der Waals surface area contributed by atoms with Crippen LogP contribution in [0.1, 0.15) is 37.9 Å². The van der Waals surface area contributed by atoms with Crippen LogP contribution in [0.25, 0.3) is 11.4 Å². The number of nitrogens with zero attached hydrogens (tertiary/aromatic N) is 4. The largest absolute Gasteiger partial charge is 0.497 e. The van der Waals surface area contributed by atoms with Gasteiger partial charge in [0.25, 0.3) is 0 Å². The van der Waals surface area contributed by atoms with Gasteiger partial charge in [-0.1, -0.05) is 12.8 Å². The number of guanidine groups is 1. The maximum Gasteiger partial charge on any atom is 0.194 e. The fraction of sp³-hybridized carbons (Fsp3) is 0.550. The summed E-state index contributed by atoms with van der Waals surface area (Å²) in [6, 6.07) is 7.75. The number of H-pyrrole nitrogens is 1. The minimum atomic E-state index is 0. The van der Waals surface area contributed by atoms with Gasteiger partial charge in [-0.15, -0.1) is 24.0 Å². The summed E-state index contributed by atoms with van der Waals surface area (Å²) in [5.74, 6) is 3.28. The van der Waals surface area contributed by atoms with Crippen molar-refractivity contribution in [2.24, 2.45) is 10.4 Å². The third-order valence-electron chi connectivity index (χ3n) is 5.91. The number of halogens is 1. The molecule has 7 nitrogen and oxygen atoms in total. The second-order valence-corrected chi connectivity index (χ2v) is 7.61. The lowest BCUT2D eigenvalue weighted by Crippen LogP contribution is -2.40. The maximum atomic E-state index is 5.19. The zero-order valence-electron chi connectivity index (χ0n) is 16.6. The van der Waals surface area contributed by atoms with Gasteiger partial charge in [0.1, 0.15) is 11.6 Å². The van der Waals surface area contributed by atoms with E-state index >= 15 is 0 Å². The quantitative estimate of drug-likeness (QED) is 0.385. The first kappa shape index (κ1) is 20.9. The third kappa shape index (κ3) is 4.42. The summed E-state index contributed by atoms with van der Waals surface area (Å²) in [6.45, 7) is 2.80. The molecule has 1 aromatic carbocycles. The number of aromatic nitrogens is 3. The van der Waals surface area contributed by atoms with E-state index in [-0.39, 0.29) is 24.0 Å². The number of likely N-dealkylation sites (tertiary alicyclic amines) is 1. The molecule has 28 heavy (non-hydrogen) atoms. The van der Waals surface area contributed by atoms with E-state index in [1.165, 1.54) is 32.1 Å². The van der Waals surface area contributed by atoms with Gasteiger partial charge in [0.05, 0.1) is 13.7 Å². The van der Waals surface area contributed by atoms with Crippen molar-refractivity contribution in [3.05, 3.63) is 30.1 Å². The summed E-state index contributed by atoms with van der Waals surface area (Å²) in [4.78, 5) is 11.5. The second-order valence-electron chi connectivity index (χ2n) is 7.61. The summed E-state index contributed by atoms with van der Waals surface area (Å²) in [5.41, 5.74) is 1.50. The van der Waals surface area contributed by atoms with E-state index in [1.807, 2.05) is 31.3 Å². The Bertz CT molecular complexity index is 797. The Morgan fingerprint density at radius 2 is 2.00 bits per heavy atom. The van der Waals surface area contributed by atoms with Crippen molar-refractivity contribution < 1.29 is 4.74 Å². The fourth-order valence-corrected chi connectivity index (χ4v) is 4.39.